The highest BCUT2D eigenvalue weighted by Crippen LogP contribution is 2.07. The highest BCUT2D eigenvalue weighted by Gasteiger charge is 2.03. The lowest BCUT2D eigenvalue weighted by molar-refractivity contribution is 0.0600. The largest absolute Gasteiger partial charge is 0.465 e. The summed E-state index contributed by atoms with van der Waals surface area (Å²) >= 11 is 0. The van der Waals surface area contributed by atoms with Gasteiger partial charge in [-0.1, -0.05) is 36.4 Å². The van der Waals surface area contributed by atoms with Crippen molar-refractivity contribution in [2.24, 2.45) is 0 Å². The van der Waals surface area contributed by atoms with E-state index in [1.165, 1.54) is 12.7 Å². The van der Waals surface area contributed by atoms with Crippen LogP contribution in [0.1, 0.15) is 27.0 Å². The molecule has 116 valence electrons. The van der Waals surface area contributed by atoms with Gasteiger partial charge in [0.2, 0.25) is 0 Å². The maximum Gasteiger partial charge on any atom is 0.337 e. The van der Waals surface area contributed by atoms with Crippen LogP contribution in [0.2, 0.25) is 0 Å². The summed E-state index contributed by atoms with van der Waals surface area (Å²) in [7, 11) is 1.38. The number of carbonyl (C=O) groups excluding carboxylic acids is 1. The van der Waals surface area contributed by atoms with Gasteiger partial charge in [0.15, 0.2) is 0 Å². The Morgan fingerprint density at radius 3 is 2.18 bits per heavy atom. The van der Waals surface area contributed by atoms with E-state index < -0.39 is 0 Å². The number of methoxy groups -OCH3 is 1. The minimum atomic E-state index is -0.314. The molecular formula is C18H21NO3. The van der Waals surface area contributed by atoms with Gasteiger partial charge in [-0.3, -0.25) is 0 Å². The number of aliphatic hydroxyl groups excluding tert-OH is 1. The van der Waals surface area contributed by atoms with E-state index in [9.17, 15) is 4.79 Å². The van der Waals surface area contributed by atoms with Gasteiger partial charge in [-0.25, -0.2) is 4.79 Å². The van der Waals surface area contributed by atoms with Crippen LogP contribution in [0.5, 0.6) is 0 Å². The van der Waals surface area contributed by atoms with E-state index in [1.807, 2.05) is 36.4 Å². The van der Waals surface area contributed by atoms with Crippen LogP contribution in [0.3, 0.4) is 0 Å². The summed E-state index contributed by atoms with van der Waals surface area (Å²) in [6, 6.07) is 15.4. The minimum absolute atomic E-state index is 0.0834. The van der Waals surface area contributed by atoms with Gasteiger partial charge < -0.3 is 15.2 Å². The molecule has 0 aliphatic heterocycles. The lowest BCUT2D eigenvalue weighted by Gasteiger charge is -2.06. The van der Waals surface area contributed by atoms with E-state index in [4.69, 9.17) is 5.11 Å². The molecule has 0 amide bonds. The first-order chi connectivity index (χ1) is 10.7. The van der Waals surface area contributed by atoms with E-state index in [1.54, 1.807) is 12.1 Å². The minimum Gasteiger partial charge on any atom is -0.465 e. The quantitative estimate of drug-likeness (QED) is 0.608. The van der Waals surface area contributed by atoms with Crippen molar-refractivity contribution in [2.75, 3.05) is 13.7 Å². The normalized spacial score (nSPS) is 10.5. The molecule has 4 heteroatoms. The Morgan fingerprint density at radius 2 is 1.59 bits per heavy atom. The number of rotatable bonds is 7. The molecule has 2 aromatic carbocycles. The third kappa shape index (κ3) is 4.69. The smallest absolute Gasteiger partial charge is 0.337 e. The first kappa shape index (κ1) is 16.2. The fourth-order valence-corrected chi connectivity index (χ4v) is 2.15. The highest BCUT2D eigenvalue weighted by molar-refractivity contribution is 5.89. The van der Waals surface area contributed by atoms with Crippen molar-refractivity contribution in [3.63, 3.8) is 0 Å². The molecular weight excluding hydrogens is 278 g/mol. The zero-order valence-electron chi connectivity index (χ0n) is 12.7. The van der Waals surface area contributed by atoms with Crippen LogP contribution in [0.25, 0.3) is 0 Å². The molecule has 2 rings (SSSR count). The molecule has 0 bridgehead atoms. The third-order valence-electron chi connectivity index (χ3n) is 3.50. The molecule has 2 aromatic rings. The molecule has 0 fully saturated rings. The number of nitrogens with one attached hydrogen (secondary N) is 1. The van der Waals surface area contributed by atoms with Gasteiger partial charge in [0, 0.05) is 6.54 Å². The Kier molecular flexibility index (Phi) is 6.13. The summed E-state index contributed by atoms with van der Waals surface area (Å²) in [6.45, 7) is 1.72. The van der Waals surface area contributed by atoms with Crippen LogP contribution in [0.15, 0.2) is 48.5 Å². The highest BCUT2D eigenvalue weighted by atomic mass is 16.5. The molecule has 0 aliphatic rings. The maximum absolute atomic E-state index is 11.3. The van der Waals surface area contributed by atoms with Crippen LogP contribution in [0.4, 0.5) is 0 Å². The zero-order valence-corrected chi connectivity index (χ0v) is 12.7. The third-order valence-corrected chi connectivity index (χ3v) is 3.50. The summed E-state index contributed by atoms with van der Waals surface area (Å²) < 4.78 is 4.67. The van der Waals surface area contributed by atoms with E-state index >= 15 is 0 Å². The monoisotopic (exact) mass is 299 g/mol. The van der Waals surface area contributed by atoms with Gasteiger partial charge >= 0.3 is 5.97 Å². The Balaban J connectivity index is 1.75. The maximum atomic E-state index is 11.3. The van der Waals surface area contributed by atoms with Gasteiger partial charge in [-0.05, 0) is 41.8 Å². The fourth-order valence-electron chi connectivity index (χ4n) is 2.15. The predicted octanol–water partition coefficient (Wildman–Crippen LogP) is 2.30. The van der Waals surface area contributed by atoms with E-state index in [0.29, 0.717) is 5.56 Å². The number of ether oxygens (including phenoxy) is 1. The fraction of sp³-hybridized carbons (Fsp3) is 0.278. The second-order valence-electron chi connectivity index (χ2n) is 5.09. The van der Waals surface area contributed by atoms with E-state index in [0.717, 1.165) is 30.6 Å². The van der Waals surface area contributed by atoms with E-state index in [2.05, 4.69) is 10.1 Å². The predicted molar refractivity (Wildman–Crippen MR) is 85.6 cm³/mol. The Labute approximate surface area is 130 Å². The average Bonchev–Trinajstić information content (AvgIpc) is 2.59. The second kappa shape index (κ2) is 8.32. The van der Waals surface area contributed by atoms with Crippen LogP contribution >= 0.6 is 0 Å². The van der Waals surface area contributed by atoms with Crippen molar-refractivity contribution in [3.05, 3.63) is 70.8 Å². The number of hydrogen-bond acceptors (Lipinski definition) is 4. The molecule has 0 spiro atoms. The van der Waals surface area contributed by atoms with Crippen molar-refractivity contribution in [1.29, 1.82) is 0 Å². The van der Waals surface area contributed by atoms with Crippen molar-refractivity contribution < 1.29 is 14.6 Å². The number of benzene rings is 2. The van der Waals surface area contributed by atoms with Crippen LogP contribution in [-0.2, 0) is 24.3 Å². The molecule has 0 unspecified atom stereocenters. The molecule has 22 heavy (non-hydrogen) atoms. The Bertz CT molecular complexity index is 591. The topological polar surface area (TPSA) is 58.6 Å². The second-order valence-corrected chi connectivity index (χ2v) is 5.09. The molecule has 4 nitrogen and oxygen atoms in total. The summed E-state index contributed by atoms with van der Waals surface area (Å²) in [5.74, 6) is -0.314. The number of carbonyl (C=O) groups is 1. The molecule has 0 saturated heterocycles. The van der Waals surface area contributed by atoms with Crippen molar-refractivity contribution >= 4 is 5.97 Å². The van der Waals surface area contributed by atoms with Gasteiger partial charge in [-0.2, -0.15) is 0 Å². The Morgan fingerprint density at radius 1 is 1.00 bits per heavy atom. The zero-order chi connectivity index (χ0) is 15.8. The molecule has 0 aromatic heterocycles. The number of esters is 1. The van der Waals surface area contributed by atoms with Crippen LogP contribution < -0.4 is 5.32 Å². The first-order valence-electron chi connectivity index (χ1n) is 7.29. The van der Waals surface area contributed by atoms with Gasteiger partial charge in [0.25, 0.3) is 0 Å². The Hall–Kier alpha value is -2.17. The summed E-state index contributed by atoms with van der Waals surface area (Å²) in [6.07, 6.45) is 0.936. The standard InChI is InChI=1S/C18H21NO3/c1-22-18(21)17-8-6-15(7-9-17)12-19-11-10-14-2-4-16(13-20)5-3-14/h2-9,19-20H,10-13H2,1H3. The summed E-state index contributed by atoms with van der Waals surface area (Å²) in [5, 5.41) is 12.4. The lowest BCUT2D eigenvalue weighted by atomic mass is 10.1. The number of hydrogen-bond donors (Lipinski definition) is 2. The number of aliphatic hydroxyl groups is 1. The van der Waals surface area contributed by atoms with Crippen molar-refractivity contribution in [2.45, 2.75) is 19.6 Å². The van der Waals surface area contributed by atoms with Crippen molar-refractivity contribution in [3.8, 4) is 0 Å². The summed E-state index contributed by atoms with van der Waals surface area (Å²) in [5.41, 5.74) is 3.87. The molecule has 0 heterocycles. The molecule has 0 radical (unpaired) electrons. The van der Waals surface area contributed by atoms with Gasteiger partial charge in [-0.15, -0.1) is 0 Å². The average molecular weight is 299 g/mol. The first-order valence-corrected chi connectivity index (χ1v) is 7.29. The van der Waals surface area contributed by atoms with Crippen LogP contribution in [-0.4, -0.2) is 24.7 Å². The lowest BCUT2D eigenvalue weighted by Crippen LogP contribution is -2.16. The van der Waals surface area contributed by atoms with Crippen molar-refractivity contribution in [1.82, 2.24) is 5.32 Å². The molecule has 0 atom stereocenters. The molecule has 0 saturated carbocycles. The van der Waals surface area contributed by atoms with Gasteiger partial charge in [0.1, 0.15) is 0 Å². The molecule has 0 aliphatic carbocycles. The van der Waals surface area contributed by atoms with Crippen LogP contribution in [0, 0.1) is 0 Å². The molecule has 2 N–H and O–H groups in total. The summed E-state index contributed by atoms with van der Waals surface area (Å²) in [4.78, 5) is 11.3. The van der Waals surface area contributed by atoms with Gasteiger partial charge in [0.05, 0.1) is 19.3 Å². The van der Waals surface area contributed by atoms with E-state index in [-0.39, 0.29) is 12.6 Å². The SMILES string of the molecule is COC(=O)c1ccc(CNCCc2ccc(CO)cc2)cc1.